The van der Waals surface area contributed by atoms with Gasteiger partial charge in [0.1, 0.15) is 23.2 Å². The van der Waals surface area contributed by atoms with Crippen LogP contribution in [0.4, 0.5) is 14.9 Å². The number of aromatic nitrogens is 3. The molecular weight excluding hydrogens is 511 g/mol. The molecule has 0 spiro atoms. The highest BCUT2D eigenvalue weighted by atomic mass is 19.1. The molecule has 1 saturated heterocycles. The van der Waals surface area contributed by atoms with Gasteiger partial charge >= 0.3 is 6.09 Å². The summed E-state index contributed by atoms with van der Waals surface area (Å²) in [6, 6.07) is 14.4. The van der Waals surface area contributed by atoms with E-state index < -0.39 is 11.4 Å². The van der Waals surface area contributed by atoms with Crippen molar-refractivity contribution in [2.45, 2.75) is 33.3 Å². The lowest BCUT2D eigenvalue weighted by Crippen LogP contribution is -2.50. The molecule has 10 heteroatoms. The molecule has 1 fully saturated rings. The van der Waals surface area contributed by atoms with Crippen LogP contribution in [0.5, 0.6) is 5.75 Å². The number of benzene rings is 2. The number of piperazine rings is 1. The monoisotopic (exact) mass is 542 g/mol. The number of H-pyrrole nitrogens is 1. The number of ether oxygens (including phenoxy) is 2. The first-order valence-corrected chi connectivity index (χ1v) is 13.1. The van der Waals surface area contributed by atoms with Crippen LogP contribution in [0.25, 0.3) is 33.4 Å². The normalized spacial score (nSPS) is 13.8. The van der Waals surface area contributed by atoms with Gasteiger partial charge in [-0.25, -0.2) is 14.2 Å². The number of nitriles is 1. The zero-order valence-electron chi connectivity index (χ0n) is 23.2. The molecule has 3 heterocycles. The third-order valence-electron chi connectivity index (χ3n) is 6.87. The summed E-state index contributed by atoms with van der Waals surface area (Å²) >= 11 is 0. The van der Waals surface area contributed by atoms with Crippen molar-refractivity contribution in [2.75, 3.05) is 38.2 Å². The van der Waals surface area contributed by atoms with E-state index in [1.807, 2.05) is 50.8 Å². The lowest BCUT2D eigenvalue weighted by Gasteiger charge is -2.37. The lowest BCUT2D eigenvalue weighted by atomic mass is 9.91. The second-order valence-electron chi connectivity index (χ2n) is 10.7. The summed E-state index contributed by atoms with van der Waals surface area (Å²) in [5.41, 5.74) is 3.20. The van der Waals surface area contributed by atoms with Gasteiger partial charge in [-0.05, 0) is 64.1 Å². The van der Waals surface area contributed by atoms with E-state index in [1.165, 1.54) is 6.07 Å². The van der Waals surface area contributed by atoms with Gasteiger partial charge in [0.2, 0.25) is 0 Å². The average molecular weight is 543 g/mol. The van der Waals surface area contributed by atoms with E-state index in [1.54, 1.807) is 30.2 Å². The van der Waals surface area contributed by atoms with Crippen molar-refractivity contribution >= 4 is 22.8 Å². The van der Waals surface area contributed by atoms with Gasteiger partial charge in [0, 0.05) is 54.3 Å². The second kappa shape index (κ2) is 10.5. The number of nitrogens with one attached hydrogen (secondary N) is 1. The van der Waals surface area contributed by atoms with Gasteiger partial charge < -0.3 is 19.3 Å². The molecule has 4 aromatic rings. The number of methoxy groups -OCH3 is 1. The number of aryl methyl sites for hydroxylation is 1. The Bertz CT molecular complexity index is 1610. The molecule has 1 aliphatic rings. The van der Waals surface area contributed by atoms with E-state index in [2.05, 4.69) is 16.3 Å². The molecule has 1 N–H and O–H groups in total. The highest BCUT2D eigenvalue weighted by molar-refractivity contribution is 6.03. The zero-order chi connectivity index (χ0) is 28.6. The van der Waals surface area contributed by atoms with Gasteiger partial charge in [0.05, 0.1) is 23.8 Å². The topological polar surface area (TPSA) is 107 Å². The van der Waals surface area contributed by atoms with E-state index in [0.29, 0.717) is 76.7 Å². The minimum atomic E-state index is -0.589. The number of hydrogen-bond donors (Lipinski definition) is 1. The van der Waals surface area contributed by atoms with E-state index in [0.717, 1.165) is 0 Å². The van der Waals surface area contributed by atoms with E-state index >= 15 is 4.39 Å². The Hall–Kier alpha value is -4.65. The Morgan fingerprint density at radius 2 is 1.77 bits per heavy atom. The SMILES string of the molecule is COc1ccc(-c2nc3n[nH]c(C)c3c(-c3c(F)cccc3N3CCN(C(=O)OC(C)(C)C)CC3)c2C#N)cc1. The molecule has 0 saturated carbocycles. The molecule has 2 aromatic heterocycles. The molecule has 0 radical (unpaired) electrons. The number of carbonyl (C=O) groups excluding carboxylic acids is 1. The Balaban J connectivity index is 1.62. The van der Waals surface area contributed by atoms with Crippen LogP contribution in [0.1, 0.15) is 32.0 Å². The fourth-order valence-corrected chi connectivity index (χ4v) is 5.00. The summed E-state index contributed by atoms with van der Waals surface area (Å²) in [6.07, 6.45) is -0.368. The second-order valence-corrected chi connectivity index (χ2v) is 10.7. The van der Waals surface area contributed by atoms with Crippen molar-refractivity contribution in [2.24, 2.45) is 0 Å². The van der Waals surface area contributed by atoms with Crippen LogP contribution in [0.3, 0.4) is 0 Å². The zero-order valence-corrected chi connectivity index (χ0v) is 23.2. The van der Waals surface area contributed by atoms with Crippen LogP contribution in [-0.2, 0) is 4.74 Å². The number of anilines is 1. The van der Waals surface area contributed by atoms with Crippen molar-refractivity contribution in [1.29, 1.82) is 5.26 Å². The predicted molar refractivity (Wildman–Crippen MR) is 151 cm³/mol. The largest absolute Gasteiger partial charge is 0.497 e. The maximum absolute atomic E-state index is 15.9. The van der Waals surface area contributed by atoms with Gasteiger partial charge in [-0.1, -0.05) is 6.07 Å². The highest BCUT2D eigenvalue weighted by Crippen LogP contribution is 2.43. The Morgan fingerprint density at radius 3 is 2.40 bits per heavy atom. The van der Waals surface area contributed by atoms with Crippen LogP contribution in [0, 0.1) is 24.1 Å². The number of pyridine rings is 1. The van der Waals surface area contributed by atoms with Gasteiger partial charge in [0.25, 0.3) is 0 Å². The van der Waals surface area contributed by atoms with Crippen molar-refractivity contribution in [1.82, 2.24) is 20.1 Å². The number of halogens is 1. The van der Waals surface area contributed by atoms with Crippen LogP contribution in [0.2, 0.25) is 0 Å². The van der Waals surface area contributed by atoms with E-state index in [-0.39, 0.29) is 11.7 Å². The maximum atomic E-state index is 15.9. The number of carbonyl (C=O) groups is 1. The summed E-state index contributed by atoms with van der Waals surface area (Å²) in [5.74, 6) is 0.207. The lowest BCUT2D eigenvalue weighted by molar-refractivity contribution is 0.0240. The molecule has 0 unspecified atom stereocenters. The number of hydrogen-bond acceptors (Lipinski definition) is 7. The number of aromatic amines is 1. The molecule has 206 valence electrons. The number of rotatable bonds is 4. The van der Waals surface area contributed by atoms with Crippen LogP contribution in [-0.4, -0.2) is 65.1 Å². The van der Waals surface area contributed by atoms with Crippen LogP contribution in [0.15, 0.2) is 42.5 Å². The molecule has 0 aliphatic carbocycles. The summed E-state index contributed by atoms with van der Waals surface area (Å²) in [5, 5.41) is 18.4. The van der Waals surface area contributed by atoms with Gasteiger partial charge in [-0.2, -0.15) is 10.4 Å². The molecular formula is C30H31FN6O3. The van der Waals surface area contributed by atoms with Crippen molar-refractivity contribution in [3.63, 3.8) is 0 Å². The quantitative estimate of drug-likeness (QED) is 0.354. The molecule has 1 aliphatic heterocycles. The Morgan fingerprint density at radius 1 is 1.07 bits per heavy atom. The number of fused-ring (bicyclic) bond motifs is 1. The molecule has 0 bridgehead atoms. The molecule has 9 nitrogen and oxygen atoms in total. The summed E-state index contributed by atoms with van der Waals surface area (Å²) in [6.45, 7) is 9.12. The number of nitrogens with zero attached hydrogens (tertiary/aromatic N) is 5. The first-order valence-electron chi connectivity index (χ1n) is 13.1. The molecule has 5 rings (SSSR count). The molecule has 40 heavy (non-hydrogen) atoms. The maximum Gasteiger partial charge on any atom is 0.410 e. The Kier molecular flexibility index (Phi) is 7.06. The number of amides is 1. The fraction of sp³-hybridized carbons (Fsp3) is 0.333. The molecule has 2 aromatic carbocycles. The summed E-state index contributed by atoms with van der Waals surface area (Å²) in [4.78, 5) is 21.0. The van der Waals surface area contributed by atoms with Gasteiger partial charge in [0.15, 0.2) is 5.65 Å². The fourth-order valence-electron chi connectivity index (χ4n) is 5.00. The third kappa shape index (κ3) is 5.02. The first kappa shape index (κ1) is 26.9. The van der Waals surface area contributed by atoms with Crippen molar-refractivity contribution < 1.29 is 18.7 Å². The molecule has 1 amide bonds. The first-order chi connectivity index (χ1) is 19.1. The van der Waals surface area contributed by atoms with Gasteiger partial charge in [-0.3, -0.25) is 5.10 Å². The third-order valence-corrected chi connectivity index (χ3v) is 6.87. The van der Waals surface area contributed by atoms with E-state index in [9.17, 15) is 10.1 Å². The summed E-state index contributed by atoms with van der Waals surface area (Å²) in [7, 11) is 1.58. The Labute approximate surface area is 232 Å². The highest BCUT2D eigenvalue weighted by Gasteiger charge is 2.30. The van der Waals surface area contributed by atoms with Crippen LogP contribution < -0.4 is 9.64 Å². The minimum Gasteiger partial charge on any atom is -0.497 e. The van der Waals surface area contributed by atoms with Crippen molar-refractivity contribution in [3.8, 4) is 34.2 Å². The van der Waals surface area contributed by atoms with Crippen molar-refractivity contribution in [3.05, 3.63) is 59.5 Å². The predicted octanol–water partition coefficient (Wildman–Crippen LogP) is 5.68. The van der Waals surface area contributed by atoms with Gasteiger partial charge in [-0.15, -0.1) is 0 Å². The van der Waals surface area contributed by atoms with Crippen LogP contribution >= 0.6 is 0 Å². The van der Waals surface area contributed by atoms with E-state index in [4.69, 9.17) is 14.5 Å². The average Bonchev–Trinajstić information content (AvgIpc) is 3.31. The summed E-state index contributed by atoms with van der Waals surface area (Å²) < 4.78 is 26.7. The smallest absolute Gasteiger partial charge is 0.410 e. The molecule has 0 atom stereocenters. The minimum absolute atomic E-state index is 0.251. The standard InChI is InChI=1S/C30H31FN6O3/c1-18-24-25(21(17-32)27(33-28(24)35-34-18)19-9-11-20(39-5)12-10-19)26-22(31)7-6-8-23(26)36-13-15-37(16-14-36)29(38)40-30(2,3)4/h6-12H,13-16H2,1-5H3,(H,33,34,35).